The van der Waals surface area contributed by atoms with Gasteiger partial charge < -0.3 is 14.5 Å². The van der Waals surface area contributed by atoms with E-state index in [9.17, 15) is 14.4 Å². The van der Waals surface area contributed by atoms with Crippen molar-refractivity contribution in [2.24, 2.45) is 0 Å². The Hall–Kier alpha value is -2.81. The van der Waals surface area contributed by atoms with Gasteiger partial charge in [-0.2, -0.15) is 0 Å². The third kappa shape index (κ3) is 10.9. The lowest BCUT2D eigenvalue weighted by Crippen LogP contribution is -2.67. The fourth-order valence-electron chi connectivity index (χ4n) is 5.58. The van der Waals surface area contributed by atoms with E-state index in [1.54, 1.807) is 12.1 Å². The zero-order chi connectivity index (χ0) is 34.0. The highest BCUT2D eigenvalue weighted by Crippen LogP contribution is 2.36. The van der Waals surface area contributed by atoms with Gasteiger partial charge in [0.15, 0.2) is 5.78 Å². The van der Waals surface area contributed by atoms with Gasteiger partial charge in [0.05, 0.1) is 22.7 Å². The maximum Gasteiger partial charge on any atom is 0.306 e. The summed E-state index contributed by atoms with van der Waals surface area (Å²) in [4.78, 5) is 39.1. The summed E-state index contributed by atoms with van der Waals surface area (Å²) >= 11 is 12.2. The predicted octanol–water partition coefficient (Wildman–Crippen LogP) is 7.11. The Morgan fingerprint density at radius 3 is 1.89 bits per heavy atom. The topological polar surface area (TPSA) is 81.7 Å². The highest BCUT2D eigenvalue weighted by Gasteiger charge is 2.50. The number of nitrogens with one attached hydrogen (secondary N) is 1. The molecule has 3 aromatic rings. The van der Waals surface area contributed by atoms with Gasteiger partial charge in [-0.1, -0.05) is 111 Å². The highest BCUT2D eigenvalue weighted by atomic mass is 35.5. The lowest BCUT2D eigenvalue weighted by atomic mass is 9.99. The van der Waals surface area contributed by atoms with Gasteiger partial charge in [-0.3, -0.25) is 14.4 Å². The van der Waals surface area contributed by atoms with Gasteiger partial charge in [-0.15, -0.1) is 0 Å². The summed E-state index contributed by atoms with van der Waals surface area (Å²) < 4.78 is 12.2. The number of hydrogen-bond acceptors (Lipinski definition) is 6. The molecule has 3 aromatic carbocycles. The molecular formula is C37H47Cl2NO5Si. The molecule has 0 saturated carbocycles. The summed E-state index contributed by atoms with van der Waals surface area (Å²) in [5, 5.41) is 6.10. The molecular weight excluding hydrogens is 637 g/mol. The van der Waals surface area contributed by atoms with Crippen LogP contribution in [-0.2, 0) is 30.0 Å². The molecule has 9 heteroatoms. The van der Waals surface area contributed by atoms with Gasteiger partial charge in [0, 0.05) is 25.8 Å². The number of benzene rings is 3. The zero-order valence-electron chi connectivity index (χ0n) is 27.8. The number of rotatable bonds is 16. The lowest BCUT2D eigenvalue weighted by Gasteiger charge is -2.42. The standard InChI is InChI=1S/C37H47Cl2NO5Si/c1-36(2,3)45-35(43)22-20-33(34(42)21-18-27-17-19-31(38)32(39)25-27)40-24-23-28(41)26-44-46(37(4,5)6,29-13-9-7-10-14-29)30-15-11-8-12-16-30/h7-17,19,25,33,40H,18,20-24,26H2,1-6H3/t33-/m1/s1. The summed E-state index contributed by atoms with van der Waals surface area (Å²) in [6.07, 6.45) is 1.25. The molecule has 46 heavy (non-hydrogen) atoms. The molecule has 1 N–H and O–H groups in total. The van der Waals surface area contributed by atoms with Crippen LogP contribution in [0.4, 0.5) is 0 Å². The summed E-state index contributed by atoms with van der Waals surface area (Å²) in [5.41, 5.74) is 0.277. The Balaban J connectivity index is 1.68. The van der Waals surface area contributed by atoms with Gasteiger partial charge in [0.1, 0.15) is 11.4 Å². The fourth-order valence-corrected chi connectivity index (χ4v) is 10.4. The molecule has 0 aliphatic carbocycles. The summed E-state index contributed by atoms with van der Waals surface area (Å²) in [5.74, 6) is -0.480. The average molecular weight is 685 g/mol. The number of esters is 1. The van der Waals surface area contributed by atoms with Crippen molar-refractivity contribution >= 4 is 59.4 Å². The summed E-state index contributed by atoms with van der Waals surface area (Å²) in [6.45, 7) is 12.2. The van der Waals surface area contributed by atoms with Crippen LogP contribution in [0.25, 0.3) is 0 Å². The predicted molar refractivity (Wildman–Crippen MR) is 190 cm³/mol. The number of Topliss-reactive ketones (excluding diaryl/α,β-unsaturated/α-hetero) is 2. The minimum absolute atomic E-state index is 0.0389. The van der Waals surface area contributed by atoms with Crippen LogP contribution in [0.2, 0.25) is 15.1 Å². The molecule has 0 heterocycles. The Labute approximate surface area is 285 Å². The zero-order valence-corrected chi connectivity index (χ0v) is 30.3. The van der Waals surface area contributed by atoms with Crippen LogP contribution >= 0.6 is 23.2 Å². The molecule has 0 aliphatic heterocycles. The Morgan fingerprint density at radius 2 is 1.37 bits per heavy atom. The van der Waals surface area contributed by atoms with Crippen LogP contribution < -0.4 is 15.7 Å². The van der Waals surface area contributed by atoms with E-state index in [-0.39, 0.29) is 61.4 Å². The van der Waals surface area contributed by atoms with Crippen molar-refractivity contribution in [1.29, 1.82) is 0 Å². The molecule has 0 radical (unpaired) electrons. The van der Waals surface area contributed by atoms with E-state index in [0.29, 0.717) is 16.5 Å². The molecule has 248 valence electrons. The minimum atomic E-state index is -2.85. The number of ether oxygens (including phenoxy) is 1. The number of carbonyl (C=O) groups is 3. The van der Waals surface area contributed by atoms with Crippen LogP contribution in [0.5, 0.6) is 0 Å². The molecule has 0 bridgehead atoms. The molecule has 0 fully saturated rings. The number of carbonyl (C=O) groups excluding carboxylic acids is 3. The van der Waals surface area contributed by atoms with Gasteiger partial charge in [0.2, 0.25) is 0 Å². The number of aryl methyl sites for hydroxylation is 1. The average Bonchev–Trinajstić information content (AvgIpc) is 2.99. The van der Waals surface area contributed by atoms with Crippen molar-refractivity contribution in [2.45, 2.75) is 90.3 Å². The van der Waals surface area contributed by atoms with Gasteiger partial charge in [0.25, 0.3) is 8.32 Å². The molecule has 0 unspecified atom stereocenters. The first-order valence-corrected chi connectivity index (χ1v) is 18.5. The number of ketones is 2. The van der Waals surface area contributed by atoms with Crippen molar-refractivity contribution in [3.63, 3.8) is 0 Å². The van der Waals surface area contributed by atoms with Crippen molar-refractivity contribution in [3.05, 3.63) is 94.5 Å². The van der Waals surface area contributed by atoms with E-state index in [1.165, 1.54) is 0 Å². The normalized spacial score (nSPS) is 12.9. The Bertz CT molecular complexity index is 1410. The second kappa shape index (κ2) is 16.8. The largest absolute Gasteiger partial charge is 0.460 e. The summed E-state index contributed by atoms with van der Waals surface area (Å²) in [7, 11) is -2.85. The van der Waals surface area contributed by atoms with E-state index in [0.717, 1.165) is 15.9 Å². The highest BCUT2D eigenvalue weighted by molar-refractivity contribution is 6.99. The lowest BCUT2D eigenvalue weighted by molar-refractivity contribution is -0.155. The minimum Gasteiger partial charge on any atom is -0.460 e. The molecule has 0 aliphatic rings. The van der Waals surface area contributed by atoms with Crippen LogP contribution in [0.15, 0.2) is 78.9 Å². The van der Waals surface area contributed by atoms with E-state index < -0.39 is 20.0 Å². The van der Waals surface area contributed by atoms with E-state index in [1.807, 2.05) is 63.2 Å². The smallest absolute Gasteiger partial charge is 0.306 e. The third-order valence-corrected chi connectivity index (χ3v) is 13.5. The first-order chi connectivity index (χ1) is 21.6. The van der Waals surface area contributed by atoms with E-state index in [4.69, 9.17) is 32.4 Å². The quantitative estimate of drug-likeness (QED) is 0.128. The Kier molecular flexibility index (Phi) is 13.8. The van der Waals surface area contributed by atoms with Gasteiger partial charge in [-0.25, -0.2) is 0 Å². The molecule has 0 saturated heterocycles. The second-order valence-electron chi connectivity index (χ2n) is 13.6. The Morgan fingerprint density at radius 1 is 0.783 bits per heavy atom. The first-order valence-electron chi connectivity index (χ1n) is 15.8. The van der Waals surface area contributed by atoms with Crippen LogP contribution in [0.1, 0.15) is 72.8 Å². The van der Waals surface area contributed by atoms with Crippen LogP contribution in [0, 0.1) is 0 Å². The van der Waals surface area contributed by atoms with E-state index in [2.05, 4.69) is 50.4 Å². The first kappa shape index (κ1) is 37.6. The van der Waals surface area contributed by atoms with Crippen molar-refractivity contribution in [3.8, 4) is 0 Å². The maximum atomic E-state index is 13.3. The van der Waals surface area contributed by atoms with E-state index >= 15 is 0 Å². The number of hydrogen-bond donors (Lipinski definition) is 1. The number of halogens is 2. The SMILES string of the molecule is CC(C)(C)OC(=O)CC[C@@H](NCCC(=O)CO[Si](c1ccccc1)(c1ccccc1)C(C)(C)C)C(=O)CCc1ccc(Cl)c(Cl)c1. The molecule has 0 aromatic heterocycles. The van der Waals surface area contributed by atoms with Gasteiger partial charge in [-0.05, 0) is 66.7 Å². The fraction of sp³-hybridized carbons (Fsp3) is 0.432. The van der Waals surface area contributed by atoms with Gasteiger partial charge >= 0.3 is 5.97 Å². The van der Waals surface area contributed by atoms with Crippen LogP contribution in [0.3, 0.4) is 0 Å². The van der Waals surface area contributed by atoms with Crippen molar-refractivity contribution in [2.75, 3.05) is 13.2 Å². The third-order valence-electron chi connectivity index (χ3n) is 7.75. The second-order valence-corrected chi connectivity index (χ2v) is 18.7. The molecule has 1 atom stereocenters. The molecule has 3 rings (SSSR count). The van der Waals surface area contributed by atoms with Crippen molar-refractivity contribution in [1.82, 2.24) is 5.32 Å². The monoisotopic (exact) mass is 683 g/mol. The molecule has 6 nitrogen and oxygen atoms in total. The summed E-state index contributed by atoms with van der Waals surface area (Å²) in [6, 6.07) is 25.1. The molecule has 0 amide bonds. The van der Waals surface area contributed by atoms with Crippen molar-refractivity contribution < 1.29 is 23.5 Å². The molecule has 0 spiro atoms. The van der Waals surface area contributed by atoms with Crippen LogP contribution in [-0.4, -0.2) is 50.6 Å². The maximum absolute atomic E-state index is 13.3.